The van der Waals surface area contributed by atoms with Crippen LogP contribution in [0.4, 0.5) is 5.69 Å². The van der Waals surface area contributed by atoms with Crippen LogP contribution in [0.15, 0.2) is 24.3 Å². The Labute approximate surface area is 145 Å². The van der Waals surface area contributed by atoms with Gasteiger partial charge in [-0.1, -0.05) is 0 Å². The summed E-state index contributed by atoms with van der Waals surface area (Å²) in [5.74, 6) is 0.936. The molecule has 3 heterocycles. The van der Waals surface area contributed by atoms with Crippen molar-refractivity contribution >= 4 is 5.69 Å². The number of methoxy groups -OCH3 is 1. The van der Waals surface area contributed by atoms with Gasteiger partial charge >= 0.3 is 0 Å². The molecule has 1 atom stereocenters. The highest BCUT2D eigenvalue weighted by atomic mass is 16.5. The Morgan fingerprint density at radius 1 is 1.08 bits per heavy atom. The van der Waals surface area contributed by atoms with Crippen LogP contribution in [0.1, 0.15) is 32.1 Å². The molecule has 3 aliphatic rings. The zero-order chi connectivity index (χ0) is 16.4. The summed E-state index contributed by atoms with van der Waals surface area (Å²) in [4.78, 5) is 5.30. The third-order valence-corrected chi connectivity index (χ3v) is 6.29. The number of nitrogens with zero attached hydrogens (tertiary/aromatic N) is 2. The monoisotopic (exact) mass is 330 g/mol. The van der Waals surface area contributed by atoms with E-state index < -0.39 is 0 Å². The van der Waals surface area contributed by atoms with E-state index in [1.807, 2.05) is 0 Å². The highest BCUT2D eigenvalue weighted by Crippen LogP contribution is 2.39. The molecule has 1 aromatic rings. The molecule has 0 unspecified atom stereocenters. The van der Waals surface area contributed by atoms with Gasteiger partial charge in [0.25, 0.3) is 0 Å². The van der Waals surface area contributed by atoms with Gasteiger partial charge in [0, 0.05) is 43.4 Å². The molecule has 24 heavy (non-hydrogen) atoms. The Morgan fingerprint density at radius 3 is 2.54 bits per heavy atom. The van der Waals surface area contributed by atoms with Crippen LogP contribution in [0.25, 0.3) is 0 Å². The lowest BCUT2D eigenvalue weighted by Crippen LogP contribution is -2.52. The van der Waals surface area contributed by atoms with Crippen LogP contribution in [-0.2, 0) is 4.74 Å². The lowest BCUT2D eigenvalue weighted by molar-refractivity contribution is 0.0364. The molecule has 132 valence electrons. The summed E-state index contributed by atoms with van der Waals surface area (Å²) >= 11 is 0. The largest absolute Gasteiger partial charge is 0.497 e. The maximum Gasteiger partial charge on any atom is 0.119 e. The van der Waals surface area contributed by atoms with Crippen molar-refractivity contribution in [3.63, 3.8) is 0 Å². The second kappa shape index (κ2) is 6.93. The number of ether oxygens (including phenoxy) is 2. The van der Waals surface area contributed by atoms with Gasteiger partial charge in [-0.3, -0.25) is 4.90 Å². The third kappa shape index (κ3) is 3.27. The first kappa shape index (κ1) is 16.2. The van der Waals surface area contributed by atoms with Crippen molar-refractivity contribution in [1.29, 1.82) is 0 Å². The van der Waals surface area contributed by atoms with Crippen LogP contribution in [0.2, 0.25) is 0 Å². The summed E-state index contributed by atoms with van der Waals surface area (Å²) in [6, 6.07) is 9.26. The molecule has 3 saturated heterocycles. The Kier molecular flexibility index (Phi) is 4.68. The van der Waals surface area contributed by atoms with Crippen molar-refractivity contribution in [3.05, 3.63) is 24.3 Å². The second-order valence-electron chi connectivity index (χ2n) is 7.79. The average Bonchev–Trinajstić information content (AvgIpc) is 3.09. The molecule has 4 heteroatoms. The van der Waals surface area contributed by atoms with Gasteiger partial charge in [0.2, 0.25) is 0 Å². The zero-order valence-electron chi connectivity index (χ0n) is 14.9. The van der Waals surface area contributed by atoms with E-state index >= 15 is 0 Å². The molecule has 4 nitrogen and oxygen atoms in total. The van der Waals surface area contributed by atoms with E-state index in [2.05, 4.69) is 34.1 Å². The van der Waals surface area contributed by atoms with E-state index in [9.17, 15) is 0 Å². The quantitative estimate of drug-likeness (QED) is 0.850. The maximum atomic E-state index is 5.72. The second-order valence-corrected chi connectivity index (χ2v) is 7.79. The molecule has 3 aliphatic heterocycles. The molecular formula is C20H30N2O2. The minimum Gasteiger partial charge on any atom is -0.497 e. The molecule has 0 saturated carbocycles. The molecule has 1 spiro atoms. The van der Waals surface area contributed by atoms with Gasteiger partial charge in [-0.25, -0.2) is 0 Å². The van der Waals surface area contributed by atoms with E-state index in [0.29, 0.717) is 5.41 Å². The number of piperidine rings is 2. The molecule has 1 aromatic carbocycles. The number of hydrogen-bond acceptors (Lipinski definition) is 4. The predicted molar refractivity (Wildman–Crippen MR) is 96.9 cm³/mol. The zero-order valence-corrected chi connectivity index (χ0v) is 14.9. The van der Waals surface area contributed by atoms with Gasteiger partial charge in [0.15, 0.2) is 0 Å². The fraction of sp³-hybridized carbons (Fsp3) is 0.700. The fourth-order valence-corrected chi connectivity index (χ4v) is 4.81. The minimum atomic E-state index is 0.478. The van der Waals surface area contributed by atoms with E-state index in [1.54, 1.807) is 7.11 Å². The van der Waals surface area contributed by atoms with E-state index in [-0.39, 0.29) is 0 Å². The van der Waals surface area contributed by atoms with Crippen molar-refractivity contribution in [1.82, 2.24) is 4.90 Å². The smallest absolute Gasteiger partial charge is 0.119 e. The number of hydrogen-bond donors (Lipinski definition) is 0. The lowest BCUT2D eigenvalue weighted by Gasteiger charge is -2.46. The Hall–Kier alpha value is -1.26. The van der Waals surface area contributed by atoms with Crippen LogP contribution in [0, 0.1) is 5.41 Å². The summed E-state index contributed by atoms with van der Waals surface area (Å²) in [5, 5.41) is 0. The summed E-state index contributed by atoms with van der Waals surface area (Å²) in [5.41, 5.74) is 1.80. The average molecular weight is 330 g/mol. The summed E-state index contributed by atoms with van der Waals surface area (Å²) in [7, 11) is 1.72. The van der Waals surface area contributed by atoms with E-state index in [4.69, 9.17) is 9.47 Å². The number of likely N-dealkylation sites (tertiary alicyclic amines) is 1. The van der Waals surface area contributed by atoms with Crippen molar-refractivity contribution in [2.45, 2.75) is 38.1 Å². The van der Waals surface area contributed by atoms with Gasteiger partial charge in [-0.15, -0.1) is 0 Å². The summed E-state index contributed by atoms with van der Waals surface area (Å²) in [6.07, 6.45) is 6.55. The first-order valence-electron chi connectivity index (χ1n) is 9.49. The standard InChI is InChI=1S/C20H30N2O2/c1-23-19-5-3-17(4-6-19)21-12-7-18(8-13-21)22-11-2-9-20(15-22)10-14-24-16-20/h3-6,18H,2,7-16H2,1H3/t20-/m1/s1. The molecule has 0 bridgehead atoms. The topological polar surface area (TPSA) is 24.9 Å². The molecule has 0 aliphatic carbocycles. The number of rotatable bonds is 3. The van der Waals surface area contributed by atoms with E-state index in [0.717, 1.165) is 38.1 Å². The summed E-state index contributed by atoms with van der Waals surface area (Å²) < 4.78 is 11.0. The first-order chi connectivity index (χ1) is 11.8. The summed E-state index contributed by atoms with van der Waals surface area (Å²) in [6.45, 7) is 6.85. The van der Waals surface area contributed by atoms with Crippen molar-refractivity contribution in [2.24, 2.45) is 5.41 Å². The Morgan fingerprint density at radius 2 is 1.88 bits per heavy atom. The fourth-order valence-electron chi connectivity index (χ4n) is 4.81. The molecular weight excluding hydrogens is 300 g/mol. The number of anilines is 1. The molecule has 3 fully saturated rings. The molecule has 4 rings (SSSR count). The Balaban J connectivity index is 1.33. The highest BCUT2D eigenvalue weighted by Gasteiger charge is 2.40. The highest BCUT2D eigenvalue weighted by molar-refractivity contribution is 5.49. The van der Waals surface area contributed by atoms with Gasteiger partial charge in [-0.05, 0) is 62.9 Å². The minimum absolute atomic E-state index is 0.478. The van der Waals surface area contributed by atoms with Gasteiger partial charge in [-0.2, -0.15) is 0 Å². The van der Waals surface area contributed by atoms with Crippen LogP contribution in [0.3, 0.4) is 0 Å². The predicted octanol–water partition coefficient (Wildman–Crippen LogP) is 3.17. The number of benzene rings is 1. The first-order valence-corrected chi connectivity index (χ1v) is 9.49. The molecule has 0 amide bonds. The maximum absolute atomic E-state index is 5.72. The Bertz CT molecular complexity index is 531. The van der Waals surface area contributed by atoms with E-state index in [1.165, 1.54) is 50.9 Å². The molecule has 0 radical (unpaired) electrons. The van der Waals surface area contributed by atoms with Crippen LogP contribution < -0.4 is 9.64 Å². The van der Waals surface area contributed by atoms with Crippen LogP contribution in [-0.4, -0.2) is 57.4 Å². The van der Waals surface area contributed by atoms with Crippen LogP contribution in [0.5, 0.6) is 5.75 Å². The molecule has 0 aromatic heterocycles. The van der Waals surface area contributed by atoms with Gasteiger partial charge < -0.3 is 14.4 Å². The van der Waals surface area contributed by atoms with Crippen molar-refractivity contribution < 1.29 is 9.47 Å². The van der Waals surface area contributed by atoms with Gasteiger partial charge in [0.1, 0.15) is 5.75 Å². The van der Waals surface area contributed by atoms with Crippen LogP contribution >= 0.6 is 0 Å². The van der Waals surface area contributed by atoms with Gasteiger partial charge in [0.05, 0.1) is 13.7 Å². The SMILES string of the molecule is COc1ccc(N2CCC(N3CCC[C@@]4(CCOC4)C3)CC2)cc1. The lowest BCUT2D eigenvalue weighted by atomic mass is 9.78. The van der Waals surface area contributed by atoms with Crippen molar-refractivity contribution in [2.75, 3.05) is 51.4 Å². The van der Waals surface area contributed by atoms with Crippen molar-refractivity contribution in [3.8, 4) is 5.75 Å². The third-order valence-electron chi connectivity index (χ3n) is 6.29. The normalized spacial score (nSPS) is 29.3. The molecule has 0 N–H and O–H groups in total.